The lowest BCUT2D eigenvalue weighted by atomic mass is 10.2. The Labute approximate surface area is 141 Å². The first-order chi connectivity index (χ1) is 10.5. The minimum Gasteiger partial charge on any atom is -0.393 e. The Hall–Kier alpha value is -1.07. The largest absolute Gasteiger partial charge is 0.393 e. The molecule has 120 valence electrons. The summed E-state index contributed by atoms with van der Waals surface area (Å²) in [5.41, 5.74) is 2.88. The van der Waals surface area contributed by atoms with E-state index < -0.39 is 0 Å². The topological polar surface area (TPSA) is 50.1 Å². The fraction of sp³-hybridized carbons (Fsp3) is 0.438. The number of aliphatic hydroxyl groups is 1. The van der Waals surface area contributed by atoms with Crippen LogP contribution in [0, 0.1) is 6.92 Å². The van der Waals surface area contributed by atoms with E-state index in [2.05, 4.69) is 10.4 Å². The molecule has 1 atom stereocenters. The lowest BCUT2D eigenvalue weighted by Gasteiger charge is -2.07. The summed E-state index contributed by atoms with van der Waals surface area (Å²) in [6.45, 7) is 5.65. The molecule has 0 aliphatic heterocycles. The number of nitrogens with zero attached hydrogens (tertiary/aromatic N) is 2. The fourth-order valence-corrected chi connectivity index (χ4v) is 2.70. The first-order valence-electron chi connectivity index (χ1n) is 7.33. The van der Waals surface area contributed by atoms with E-state index in [0.717, 1.165) is 23.4 Å². The first kappa shape index (κ1) is 17.3. The van der Waals surface area contributed by atoms with Crippen molar-refractivity contribution in [1.82, 2.24) is 15.1 Å². The van der Waals surface area contributed by atoms with Gasteiger partial charge in [-0.25, -0.2) is 4.68 Å². The van der Waals surface area contributed by atoms with Crippen molar-refractivity contribution in [3.63, 3.8) is 0 Å². The Morgan fingerprint density at radius 1 is 1.32 bits per heavy atom. The Bertz CT molecular complexity index is 626. The Balaban J connectivity index is 2.05. The molecule has 0 amide bonds. The van der Waals surface area contributed by atoms with E-state index in [0.29, 0.717) is 29.7 Å². The summed E-state index contributed by atoms with van der Waals surface area (Å²) in [4.78, 5) is 0. The van der Waals surface area contributed by atoms with Crippen LogP contribution in [0.5, 0.6) is 0 Å². The maximum Gasteiger partial charge on any atom is 0.132 e. The molecule has 0 saturated carbocycles. The molecule has 1 aromatic carbocycles. The quantitative estimate of drug-likeness (QED) is 0.758. The van der Waals surface area contributed by atoms with Crippen molar-refractivity contribution in [1.29, 1.82) is 0 Å². The monoisotopic (exact) mass is 341 g/mol. The molecule has 1 unspecified atom stereocenters. The van der Waals surface area contributed by atoms with Crippen molar-refractivity contribution in [3.05, 3.63) is 51.3 Å². The van der Waals surface area contributed by atoms with Gasteiger partial charge in [-0.2, -0.15) is 5.10 Å². The van der Waals surface area contributed by atoms with Crippen LogP contribution in [0.4, 0.5) is 0 Å². The summed E-state index contributed by atoms with van der Waals surface area (Å²) in [7, 11) is 0. The molecule has 2 N–H and O–H groups in total. The average molecular weight is 342 g/mol. The van der Waals surface area contributed by atoms with E-state index in [1.54, 1.807) is 11.6 Å². The molecule has 0 radical (unpaired) electrons. The van der Waals surface area contributed by atoms with E-state index in [1.807, 2.05) is 31.2 Å². The third-order valence-corrected chi connectivity index (χ3v) is 4.29. The molecule has 1 heterocycles. The highest BCUT2D eigenvalue weighted by Crippen LogP contribution is 2.23. The number of hydrogen-bond donors (Lipinski definition) is 2. The van der Waals surface area contributed by atoms with Crippen molar-refractivity contribution >= 4 is 23.2 Å². The molecular weight excluding hydrogens is 321 g/mol. The van der Waals surface area contributed by atoms with Gasteiger partial charge >= 0.3 is 0 Å². The van der Waals surface area contributed by atoms with Gasteiger partial charge in [0, 0.05) is 17.1 Å². The Kier molecular flexibility index (Phi) is 6.26. The normalized spacial score (nSPS) is 12.6. The number of rotatable bonds is 7. The van der Waals surface area contributed by atoms with Crippen LogP contribution in [0.1, 0.15) is 30.2 Å². The molecule has 0 fully saturated rings. The van der Waals surface area contributed by atoms with Crippen LogP contribution >= 0.6 is 23.2 Å². The number of halogens is 2. The number of benzene rings is 1. The van der Waals surface area contributed by atoms with E-state index in [9.17, 15) is 5.11 Å². The van der Waals surface area contributed by atoms with E-state index in [-0.39, 0.29) is 6.10 Å². The maximum absolute atomic E-state index is 9.26. The molecule has 0 saturated heterocycles. The van der Waals surface area contributed by atoms with Gasteiger partial charge in [0.2, 0.25) is 0 Å². The van der Waals surface area contributed by atoms with E-state index in [1.165, 1.54) is 0 Å². The van der Waals surface area contributed by atoms with Gasteiger partial charge < -0.3 is 10.4 Å². The van der Waals surface area contributed by atoms with Crippen LogP contribution in [0.15, 0.2) is 24.3 Å². The van der Waals surface area contributed by atoms with E-state index in [4.69, 9.17) is 23.2 Å². The van der Waals surface area contributed by atoms with Crippen molar-refractivity contribution in [3.8, 4) is 0 Å². The van der Waals surface area contributed by atoms with Crippen molar-refractivity contribution in [2.24, 2.45) is 0 Å². The van der Waals surface area contributed by atoms with Crippen LogP contribution in [0.3, 0.4) is 0 Å². The molecule has 0 spiro atoms. The summed E-state index contributed by atoms with van der Waals surface area (Å²) in [6, 6.07) is 7.68. The van der Waals surface area contributed by atoms with Gasteiger partial charge in [-0.1, -0.05) is 41.4 Å². The molecule has 1 aromatic heterocycles. The molecular formula is C16H21Cl2N3O. The number of aromatic nitrogens is 2. The summed E-state index contributed by atoms with van der Waals surface area (Å²) in [5, 5.41) is 18.4. The minimum absolute atomic E-state index is 0.299. The molecule has 2 rings (SSSR count). The zero-order valence-corrected chi connectivity index (χ0v) is 14.3. The second kappa shape index (κ2) is 7.97. The summed E-state index contributed by atoms with van der Waals surface area (Å²) < 4.78 is 1.77. The third-order valence-electron chi connectivity index (χ3n) is 3.50. The van der Waals surface area contributed by atoms with Crippen LogP contribution in [-0.2, 0) is 13.1 Å². The van der Waals surface area contributed by atoms with Gasteiger partial charge in [0.15, 0.2) is 0 Å². The molecule has 2 aromatic rings. The SMILES string of the molecule is Cc1nn(Cc2ccccc2Cl)c(Cl)c1CNCCC(C)O. The van der Waals surface area contributed by atoms with Gasteiger partial charge in [0.25, 0.3) is 0 Å². The smallest absolute Gasteiger partial charge is 0.132 e. The molecule has 0 aliphatic carbocycles. The minimum atomic E-state index is -0.299. The fourth-order valence-electron chi connectivity index (χ4n) is 2.21. The predicted molar refractivity (Wildman–Crippen MR) is 90.5 cm³/mol. The molecule has 4 nitrogen and oxygen atoms in total. The zero-order valence-electron chi connectivity index (χ0n) is 12.8. The van der Waals surface area contributed by atoms with Gasteiger partial charge in [-0.05, 0) is 38.4 Å². The number of aryl methyl sites for hydroxylation is 1. The Morgan fingerprint density at radius 3 is 2.73 bits per heavy atom. The zero-order chi connectivity index (χ0) is 16.1. The standard InChI is InChI=1S/C16H21Cl2N3O/c1-11(22)7-8-19-9-14-12(2)20-21(16(14)18)10-13-5-3-4-6-15(13)17/h3-6,11,19,22H,7-10H2,1-2H3. The molecule has 22 heavy (non-hydrogen) atoms. The second-order valence-corrected chi connectivity index (χ2v) is 6.18. The number of aliphatic hydroxyl groups excluding tert-OH is 1. The van der Waals surface area contributed by atoms with Crippen molar-refractivity contribution < 1.29 is 5.11 Å². The van der Waals surface area contributed by atoms with Gasteiger partial charge in [0.05, 0.1) is 18.3 Å². The lowest BCUT2D eigenvalue weighted by molar-refractivity contribution is 0.183. The average Bonchev–Trinajstić information content (AvgIpc) is 2.72. The third kappa shape index (κ3) is 4.46. The van der Waals surface area contributed by atoms with Crippen molar-refractivity contribution in [2.45, 2.75) is 39.5 Å². The summed E-state index contributed by atoms with van der Waals surface area (Å²) >= 11 is 12.6. The molecule has 0 bridgehead atoms. The van der Waals surface area contributed by atoms with Gasteiger partial charge in [-0.3, -0.25) is 0 Å². The summed E-state index contributed by atoms with van der Waals surface area (Å²) in [5.74, 6) is 0. The molecule has 6 heteroatoms. The lowest BCUT2D eigenvalue weighted by Crippen LogP contribution is -2.19. The number of hydrogen-bond acceptors (Lipinski definition) is 3. The maximum atomic E-state index is 9.26. The number of nitrogens with one attached hydrogen (secondary N) is 1. The predicted octanol–water partition coefficient (Wildman–Crippen LogP) is 3.41. The first-order valence-corrected chi connectivity index (χ1v) is 8.08. The second-order valence-electron chi connectivity index (χ2n) is 5.42. The molecule has 0 aliphatic rings. The van der Waals surface area contributed by atoms with Gasteiger partial charge in [0.1, 0.15) is 5.15 Å². The van der Waals surface area contributed by atoms with Crippen molar-refractivity contribution in [2.75, 3.05) is 6.54 Å². The highest BCUT2D eigenvalue weighted by Gasteiger charge is 2.14. The van der Waals surface area contributed by atoms with Crippen LogP contribution in [0.25, 0.3) is 0 Å². The van der Waals surface area contributed by atoms with Crippen LogP contribution in [-0.4, -0.2) is 27.5 Å². The van der Waals surface area contributed by atoms with E-state index >= 15 is 0 Å². The van der Waals surface area contributed by atoms with Crippen LogP contribution in [0.2, 0.25) is 10.2 Å². The highest BCUT2D eigenvalue weighted by atomic mass is 35.5. The Morgan fingerprint density at radius 2 is 2.05 bits per heavy atom. The van der Waals surface area contributed by atoms with Gasteiger partial charge in [-0.15, -0.1) is 0 Å². The highest BCUT2D eigenvalue weighted by molar-refractivity contribution is 6.31. The summed E-state index contributed by atoms with van der Waals surface area (Å²) in [6.07, 6.45) is 0.414. The van der Waals surface area contributed by atoms with Crippen LogP contribution < -0.4 is 5.32 Å².